The van der Waals surface area contributed by atoms with Crippen LogP contribution in [0.1, 0.15) is 0 Å². The van der Waals surface area contributed by atoms with Crippen molar-refractivity contribution in [3.8, 4) is 0 Å². The minimum atomic E-state index is -3.95. The summed E-state index contributed by atoms with van der Waals surface area (Å²) in [6, 6.07) is -3.95. The van der Waals surface area contributed by atoms with E-state index in [2.05, 4.69) is 0 Å². The normalized spacial score (nSPS) is 11.0. The van der Waals surface area contributed by atoms with Gasteiger partial charge in [-0.25, -0.2) is 9.18 Å². The van der Waals surface area contributed by atoms with Crippen molar-refractivity contribution < 1.29 is 23.1 Å². The maximum atomic E-state index is 11.5. The predicted molar refractivity (Wildman–Crippen MR) is 22.1 cm³/mol. The lowest BCUT2D eigenvalue weighted by atomic mass is 10.6. The smallest absolute Gasteiger partial charge is 0.409 e. The standard InChI is InChI=1S/C3H4F3NO2/c4-1-3(5,6)7-2(8)9/h7H,1H2,(H,8,9). The monoisotopic (exact) mass is 143 g/mol. The lowest BCUT2D eigenvalue weighted by Gasteiger charge is -2.09. The summed E-state index contributed by atoms with van der Waals surface area (Å²) < 4.78 is 34.1. The molecule has 0 aliphatic rings. The Labute approximate surface area is 48.5 Å². The van der Waals surface area contributed by atoms with Crippen LogP contribution in [0.5, 0.6) is 0 Å². The average Bonchev–Trinajstić information content (AvgIpc) is 1.63. The Balaban J connectivity index is 3.71. The molecule has 0 aromatic carbocycles. The maximum Gasteiger partial charge on any atom is 0.409 e. The fraction of sp³-hybridized carbons (Fsp3) is 0.667. The second-order valence-electron chi connectivity index (χ2n) is 1.27. The van der Waals surface area contributed by atoms with Crippen molar-refractivity contribution >= 4 is 6.09 Å². The van der Waals surface area contributed by atoms with Gasteiger partial charge in [0.1, 0.15) is 0 Å². The molecule has 54 valence electrons. The van der Waals surface area contributed by atoms with Crippen LogP contribution < -0.4 is 5.32 Å². The number of carboxylic acid groups (broad SMARTS) is 1. The van der Waals surface area contributed by atoms with E-state index in [0.717, 1.165) is 0 Å². The summed E-state index contributed by atoms with van der Waals surface area (Å²) in [6.07, 6.45) is -1.95. The van der Waals surface area contributed by atoms with Crippen LogP contribution >= 0.6 is 0 Å². The second-order valence-corrected chi connectivity index (χ2v) is 1.27. The summed E-state index contributed by atoms with van der Waals surface area (Å²) in [5.41, 5.74) is 0. The summed E-state index contributed by atoms with van der Waals surface area (Å²) in [5, 5.41) is 8.30. The van der Waals surface area contributed by atoms with E-state index in [0.29, 0.717) is 5.32 Å². The van der Waals surface area contributed by atoms with Crippen molar-refractivity contribution in [2.45, 2.75) is 6.05 Å². The highest BCUT2D eigenvalue weighted by molar-refractivity contribution is 5.64. The lowest BCUT2D eigenvalue weighted by molar-refractivity contribution is -0.0479. The molecule has 2 N–H and O–H groups in total. The number of hydrogen-bond acceptors (Lipinski definition) is 1. The zero-order chi connectivity index (χ0) is 7.49. The van der Waals surface area contributed by atoms with Crippen LogP contribution in [0.2, 0.25) is 0 Å². The Hall–Kier alpha value is -0.940. The molecule has 9 heavy (non-hydrogen) atoms. The number of nitrogens with one attached hydrogen (secondary N) is 1. The lowest BCUT2D eigenvalue weighted by Crippen LogP contribution is -2.41. The van der Waals surface area contributed by atoms with Crippen LogP contribution in [0.15, 0.2) is 0 Å². The minimum Gasteiger partial charge on any atom is -0.465 e. The predicted octanol–water partition coefficient (Wildman–Crippen LogP) is 0.816. The molecule has 0 bridgehead atoms. The molecule has 0 aliphatic carbocycles. The Morgan fingerprint density at radius 2 is 2.11 bits per heavy atom. The SMILES string of the molecule is O=C(O)NC(F)(F)CF. The molecule has 0 rings (SSSR count). The van der Waals surface area contributed by atoms with E-state index in [9.17, 15) is 18.0 Å². The minimum absolute atomic E-state index is 0.677. The van der Waals surface area contributed by atoms with Gasteiger partial charge in [-0.05, 0) is 0 Å². The summed E-state index contributed by atoms with van der Waals surface area (Å²) in [5.74, 6) is 0. The van der Waals surface area contributed by atoms with Crippen molar-refractivity contribution in [1.29, 1.82) is 0 Å². The van der Waals surface area contributed by atoms with E-state index in [1.165, 1.54) is 0 Å². The van der Waals surface area contributed by atoms with Crippen molar-refractivity contribution in [2.24, 2.45) is 0 Å². The Morgan fingerprint density at radius 3 is 2.22 bits per heavy atom. The van der Waals surface area contributed by atoms with Gasteiger partial charge in [0, 0.05) is 0 Å². The Kier molecular flexibility index (Phi) is 2.29. The first-order chi connectivity index (χ1) is 3.98. The van der Waals surface area contributed by atoms with Crippen LogP contribution in [-0.4, -0.2) is 23.9 Å². The molecule has 0 atom stereocenters. The van der Waals surface area contributed by atoms with E-state index in [4.69, 9.17) is 5.11 Å². The second kappa shape index (κ2) is 2.56. The zero-order valence-electron chi connectivity index (χ0n) is 4.20. The molecule has 0 spiro atoms. The first-order valence-electron chi connectivity index (χ1n) is 1.93. The van der Waals surface area contributed by atoms with Gasteiger partial charge < -0.3 is 5.11 Å². The third-order valence-corrected chi connectivity index (χ3v) is 0.458. The van der Waals surface area contributed by atoms with Crippen molar-refractivity contribution in [3.05, 3.63) is 0 Å². The molecule has 1 amide bonds. The topological polar surface area (TPSA) is 49.3 Å². The van der Waals surface area contributed by atoms with Gasteiger partial charge in [-0.15, -0.1) is 0 Å². The molecular formula is C3H4F3NO2. The van der Waals surface area contributed by atoms with Gasteiger partial charge in [-0.3, -0.25) is 5.32 Å². The first kappa shape index (κ1) is 8.06. The van der Waals surface area contributed by atoms with E-state index in [1.54, 1.807) is 0 Å². The van der Waals surface area contributed by atoms with Crippen LogP contribution in [0, 0.1) is 0 Å². The van der Waals surface area contributed by atoms with Crippen LogP contribution in [0.3, 0.4) is 0 Å². The Bertz CT molecular complexity index is 116. The Morgan fingerprint density at radius 1 is 1.67 bits per heavy atom. The van der Waals surface area contributed by atoms with Gasteiger partial charge in [0.25, 0.3) is 0 Å². The molecule has 0 aliphatic heterocycles. The highest BCUT2D eigenvalue weighted by Gasteiger charge is 2.30. The molecule has 0 saturated carbocycles. The van der Waals surface area contributed by atoms with E-state index in [1.807, 2.05) is 0 Å². The van der Waals surface area contributed by atoms with E-state index in [-0.39, 0.29) is 0 Å². The molecule has 0 saturated heterocycles. The van der Waals surface area contributed by atoms with Crippen molar-refractivity contribution in [1.82, 2.24) is 5.32 Å². The van der Waals surface area contributed by atoms with Crippen LogP contribution in [0.25, 0.3) is 0 Å². The molecule has 0 fully saturated rings. The average molecular weight is 143 g/mol. The van der Waals surface area contributed by atoms with Gasteiger partial charge in [0.15, 0.2) is 6.67 Å². The highest BCUT2D eigenvalue weighted by Crippen LogP contribution is 2.07. The molecule has 0 aromatic heterocycles. The van der Waals surface area contributed by atoms with Crippen LogP contribution in [0.4, 0.5) is 18.0 Å². The molecule has 0 heterocycles. The third kappa shape index (κ3) is 3.63. The molecule has 0 radical (unpaired) electrons. The number of hydrogen-bond donors (Lipinski definition) is 2. The highest BCUT2D eigenvalue weighted by atomic mass is 19.3. The molecule has 3 nitrogen and oxygen atoms in total. The maximum absolute atomic E-state index is 11.5. The molecule has 6 heteroatoms. The fourth-order valence-corrected chi connectivity index (χ4v) is 0.190. The van der Waals surface area contributed by atoms with Gasteiger partial charge in [0.05, 0.1) is 0 Å². The molecular weight excluding hydrogens is 139 g/mol. The third-order valence-electron chi connectivity index (χ3n) is 0.458. The van der Waals surface area contributed by atoms with Gasteiger partial charge in [0.2, 0.25) is 0 Å². The van der Waals surface area contributed by atoms with E-state index < -0.39 is 18.8 Å². The number of halogens is 3. The zero-order valence-corrected chi connectivity index (χ0v) is 4.20. The summed E-state index contributed by atoms with van der Waals surface area (Å²) >= 11 is 0. The summed E-state index contributed by atoms with van der Waals surface area (Å²) in [7, 11) is 0. The fourth-order valence-electron chi connectivity index (χ4n) is 0.190. The van der Waals surface area contributed by atoms with E-state index >= 15 is 0 Å². The summed E-state index contributed by atoms with van der Waals surface area (Å²) in [4.78, 5) is 9.42. The molecule has 0 unspecified atom stereocenters. The first-order valence-corrected chi connectivity index (χ1v) is 1.93. The van der Waals surface area contributed by atoms with Gasteiger partial charge in [-0.2, -0.15) is 8.78 Å². The number of rotatable bonds is 2. The van der Waals surface area contributed by atoms with Gasteiger partial charge >= 0.3 is 12.1 Å². The van der Waals surface area contributed by atoms with Crippen molar-refractivity contribution in [3.63, 3.8) is 0 Å². The number of carbonyl (C=O) groups is 1. The number of alkyl halides is 3. The number of amides is 1. The van der Waals surface area contributed by atoms with Gasteiger partial charge in [-0.1, -0.05) is 0 Å². The van der Waals surface area contributed by atoms with Crippen molar-refractivity contribution in [2.75, 3.05) is 6.67 Å². The largest absolute Gasteiger partial charge is 0.465 e. The summed E-state index contributed by atoms with van der Waals surface area (Å²) in [6.45, 7) is -2.03. The molecule has 0 aromatic rings. The van der Waals surface area contributed by atoms with Crippen LogP contribution in [-0.2, 0) is 0 Å². The quantitative estimate of drug-likeness (QED) is 0.562.